The normalized spacial score (nSPS) is 9.43. The zero-order valence-electron chi connectivity index (χ0n) is 7.99. The average Bonchev–Trinajstić information content (AvgIpc) is 2.20. The van der Waals surface area contributed by atoms with Crippen LogP contribution in [-0.2, 0) is 11.3 Å². The summed E-state index contributed by atoms with van der Waals surface area (Å²) in [6.07, 6.45) is 1.90. The second kappa shape index (κ2) is 5.94. The molecule has 0 saturated carbocycles. The molecule has 1 amide bonds. The van der Waals surface area contributed by atoms with Crippen molar-refractivity contribution in [2.24, 2.45) is 0 Å². The van der Waals surface area contributed by atoms with Crippen LogP contribution in [0, 0.1) is 0 Å². The fourth-order valence-corrected chi connectivity index (χ4v) is 1.02. The van der Waals surface area contributed by atoms with Crippen molar-refractivity contribution in [2.45, 2.75) is 13.0 Å². The summed E-state index contributed by atoms with van der Waals surface area (Å²) in [5.41, 5.74) is 6.54. The third-order valence-electron chi connectivity index (χ3n) is 1.69. The van der Waals surface area contributed by atoms with E-state index in [-0.39, 0.29) is 5.91 Å². The van der Waals surface area contributed by atoms with Gasteiger partial charge in [-0.3, -0.25) is 10.2 Å². The first kappa shape index (κ1) is 10.5. The molecular formula is C11H14N2O. The number of hydrogen-bond acceptors (Lipinski definition) is 2. The van der Waals surface area contributed by atoms with Crippen LogP contribution >= 0.6 is 0 Å². The van der Waals surface area contributed by atoms with Gasteiger partial charge in [-0.2, -0.15) is 0 Å². The topological polar surface area (TPSA) is 41.1 Å². The van der Waals surface area contributed by atoms with Crippen molar-refractivity contribution in [3.8, 4) is 0 Å². The molecule has 3 nitrogen and oxygen atoms in total. The van der Waals surface area contributed by atoms with Gasteiger partial charge in [-0.15, -0.1) is 6.58 Å². The number of nitrogens with one attached hydrogen (secondary N) is 2. The molecule has 2 N–H and O–H groups in total. The maximum absolute atomic E-state index is 11.0. The Bertz CT molecular complexity index is 295. The Hall–Kier alpha value is -1.61. The molecule has 0 unspecified atom stereocenters. The highest BCUT2D eigenvalue weighted by molar-refractivity contribution is 5.76. The van der Waals surface area contributed by atoms with Crippen LogP contribution in [0.15, 0.2) is 43.0 Å². The van der Waals surface area contributed by atoms with Gasteiger partial charge in [0.25, 0.3) is 0 Å². The third-order valence-corrected chi connectivity index (χ3v) is 1.69. The lowest BCUT2D eigenvalue weighted by atomic mass is 10.2. The molecule has 1 aromatic carbocycles. The number of carbonyl (C=O) groups is 1. The zero-order valence-corrected chi connectivity index (χ0v) is 7.99. The molecule has 1 rings (SSSR count). The van der Waals surface area contributed by atoms with E-state index < -0.39 is 0 Å². The van der Waals surface area contributed by atoms with Crippen LogP contribution in [0.1, 0.15) is 12.0 Å². The Morgan fingerprint density at radius 3 is 2.71 bits per heavy atom. The fraction of sp³-hybridized carbons (Fsp3) is 0.182. The quantitative estimate of drug-likeness (QED) is 0.544. The molecule has 0 fully saturated rings. The van der Waals surface area contributed by atoms with Gasteiger partial charge < -0.3 is 0 Å². The van der Waals surface area contributed by atoms with E-state index in [0.717, 1.165) is 5.56 Å². The lowest BCUT2D eigenvalue weighted by Crippen LogP contribution is -2.36. The van der Waals surface area contributed by atoms with Crippen molar-refractivity contribution < 1.29 is 4.79 Å². The second-order valence-corrected chi connectivity index (χ2v) is 2.88. The molecule has 0 aromatic heterocycles. The van der Waals surface area contributed by atoms with E-state index in [1.54, 1.807) is 6.08 Å². The number of hydrazine groups is 1. The molecule has 3 heteroatoms. The number of carbonyl (C=O) groups excluding carboxylic acids is 1. The molecule has 1 aromatic rings. The predicted octanol–water partition coefficient (Wildman–Crippen LogP) is 1.38. The van der Waals surface area contributed by atoms with Crippen molar-refractivity contribution in [3.63, 3.8) is 0 Å². The van der Waals surface area contributed by atoms with E-state index in [0.29, 0.717) is 13.0 Å². The first-order valence-electron chi connectivity index (χ1n) is 4.49. The van der Waals surface area contributed by atoms with Gasteiger partial charge in [-0.05, 0) is 5.56 Å². The van der Waals surface area contributed by atoms with E-state index in [2.05, 4.69) is 17.4 Å². The summed E-state index contributed by atoms with van der Waals surface area (Å²) in [7, 11) is 0. The highest BCUT2D eigenvalue weighted by Gasteiger charge is 1.95. The van der Waals surface area contributed by atoms with Crippen molar-refractivity contribution in [3.05, 3.63) is 48.6 Å². The molecule has 0 aliphatic rings. The highest BCUT2D eigenvalue weighted by Crippen LogP contribution is 1.96. The molecule has 74 valence electrons. The van der Waals surface area contributed by atoms with Crippen LogP contribution < -0.4 is 10.9 Å². The fourth-order valence-electron chi connectivity index (χ4n) is 1.02. The Morgan fingerprint density at radius 2 is 2.07 bits per heavy atom. The maximum atomic E-state index is 11.0. The van der Waals surface area contributed by atoms with Crippen LogP contribution in [0.4, 0.5) is 0 Å². The molecule has 0 spiro atoms. The van der Waals surface area contributed by atoms with Gasteiger partial charge in [0.2, 0.25) is 5.91 Å². The standard InChI is InChI=1S/C11H14N2O/c1-2-6-11(14)13-12-9-10-7-4-3-5-8-10/h2-5,7-8,12H,1,6,9H2,(H,13,14). The third kappa shape index (κ3) is 3.87. The summed E-state index contributed by atoms with van der Waals surface area (Å²) in [6, 6.07) is 9.87. The van der Waals surface area contributed by atoms with Crippen LogP contribution in [0.3, 0.4) is 0 Å². The Kier molecular flexibility index (Phi) is 4.44. The summed E-state index contributed by atoms with van der Waals surface area (Å²) >= 11 is 0. The molecule has 0 atom stereocenters. The monoisotopic (exact) mass is 190 g/mol. The van der Waals surface area contributed by atoms with E-state index in [4.69, 9.17) is 0 Å². The Morgan fingerprint density at radius 1 is 1.36 bits per heavy atom. The van der Waals surface area contributed by atoms with E-state index in [1.165, 1.54) is 0 Å². The summed E-state index contributed by atoms with van der Waals surface area (Å²) < 4.78 is 0. The lowest BCUT2D eigenvalue weighted by Gasteiger charge is -2.05. The van der Waals surface area contributed by atoms with Crippen LogP contribution in [-0.4, -0.2) is 5.91 Å². The zero-order chi connectivity index (χ0) is 10.2. The highest BCUT2D eigenvalue weighted by atomic mass is 16.2. The molecule has 14 heavy (non-hydrogen) atoms. The molecule has 0 heterocycles. The van der Waals surface area contributed by atoms with Gasteiger partial charge in [-0.25, -0.2) is 5.43 Å². The maximum Gasteiger partial charge on any atom is 0.237 e. The largest absolute Gasteiger partial charge is 0.291 e. The molecular weight excluding hydrogens is 176 g/mol. The Balaban J connectivity index is 2.22. The molecule has 0 saturated heterocycles. The van der Waals surface area contributed by atoms with Crippen molar-refractivity contribution in [1.82, 2.24) is 10.9 Å². The van der Waals surface area contributed by atoms with Gasteiger partial charge in [0.05, 0.1) is 0 Å². The van der Waals surface area contributed by atoms with E-state index >= 15 is 0 Å². The molecule has 0 aliphatic heterocycles. The van der Waals surface area contributed by atoms with E-state index in [1.807, 2.05) is 30.3 Å². The van der Waals surface area contributed by atoms with Gasteiger partial charge in [-0.1, -0.05) is 36.4 Å². The molecule has 0 aliphatic carbocycles. The summed E-state index contributed by atoms with van der Waals surface area (Å²) in [6.45, 7) is 4.11. The van der Waals surface area contributed by atoms with Crippen molar-refractivity contribution in [1.29, 1.82) is 0 Å². The first-order chi connectivity index (χ1) is 6.83. The van der Waals surface area contributed by atoms with Gasteiger partial charge in [0, 0.05) is 13.0 Å². The van der Waals surface area contributed by atoms with Crippen molar-refractivity contribution in [2.75, 3.05) is 0 Å². The van der Waals surface area contributed by atoms with E-state index in [9.17, 15) is 4.79 Å². The second-order valence-electron chi connectivity index (χ2n) is 2.88. The minimum absolute atomic E-state index is 0.0732. The summed E-state index contributed by atoms with van der Waals surface area (Å²) in [4.78, 5) is 11.0. The minimum atomic E-state index is -0.0732. The van der Waals surface area contributed by atoms with Gasteiger partial charge in [0.15, 0.2) is 0 Å². The number of hydrogen-bond donors (Lipinski definition) is 2. The van der Waals surface area contributed by atoms with Gasteiger partial charge >= 0.3 is 0 Å². The number of rotatable bonds is 5. The minimum Gasteiger partial charge on any atom is -0.291 e. The lowest BCUT2D eigenvalue weighted by molar-refractivity contribution is -0.121. The van der Waals surface area contributed by atoms with Crippen LogP contribution in [0.2, 0.25) is 0 Å². The van der Waals surface area contributed by atoms with Crippen LogP contribution in [0.25, 0.3) is 0 Å². The van der Waals surface area contributed by atoms with Gasteiger partial charge in [0.1, 0.15) is 0 Å². The predicted molar refractivity (Wildman–Crippen MR) is 56.2 cm³/mol. The summed E-state index contributed by atoms with van der Waals surface area (Å²) in [5, 5.41) is 0. The number of benzene rings is 1. The molecule has 0 bridgehead atoms. The number of amides is 1. The smallest absolute Gasteiger partial charge is 0.237 e. The van der Waals surface area contributed by atoms with Crippen molar-refractivity contribution >= 4 is 5.91 Å². The average molecular weight is 190 g/mol. The SMILES string of the molecule is C=CCC(=O)NNCc1ccccc1. The van der Waals surface area contributed by atoms with Crippen LogP contribution in [0.5, 0.6) is 0 Å². The summed E-state index contributed by atoms with van der Waals surface area (Å²) in [5.74, 6) is -0.0732. The first-order valence-corrected chi connectivity index (χ1v) is 4.49. The molecule has 0 radical (unpaired) electrons. The Labute approximate surface area is 83.8 Å².